The van der Waals surface area contributed by atoms with Gasteiger partial charge in [-0.25, -0.2) is 4.39 Å². The monoisotopic (exact) mass is 259 g/mol. The van der Waals surface area contributed by atoms with Crippen molar-refractivity contribution in [1.82, 2.24) is 15.3 Å². The van der Waals surface area contributed by atoms with Crippen molar-refractivity contribution in [1.29, 1.82) is 0 Å². The number of nitrogens with zero attached hydrogens (tertiary/aromatic N) is 2. The second-order valence-electron chi connectivity index (χ2n) is 4.53. The standard InChI is InChI=1S/C15H18FN3/c1-3-14(15-5-4-13(16)10-18-15)19-11(2)12-6-8-17-9-7-12/h4-11,14,19H,3H2,1-2H3/t11-,14?/m1/s1. The van der Waals surface area contributed by atoms with Crippen LogP contribution in [-0.2, 0) is 0 Å². The number of halogens is 1. The van der Waals surface area contributed by atoms with Crippen molar-refractivity contribution >= 4 is 0 Å². The fourth-order valence-corrected chi connectivity index (χ4v) is 2.06. The Balaban J connectivity index is 2.09. The zero-order chi connectivity index (χ0) is 13.7. The molecule has 0 bridgehead atoms. The van der Waals surface area contributed by atoms with Gasteiger partial charge in [0.2, 0.25) is 0 Å². The highest BCUT2D eigenvalue weighted by Crippen LogP contribution is 2.20. The van der Waals surface area contributed by atoms with Gasteiger partial charge in [0.25, 0.3) is 0 Å². The van der Waals surface area contributed by atoms with E-state index in [9.17, 15) is 4.39 Å². The molecule has 0 spiro atoms. The molecule has 2 aromatic heterocycles. The molecule has 4 heteroatoms. The van der Waals surface area contributed by atoms with Crippen LogP contribution >= 0.6 is 0 Å². The minimum absolute atomic E-state index is 0.115. The number of rotatable bonds is 5. The van der Waals surface area contributed by atoms with Crippen molar-refractivity contribution in [2.24, 2.45) is 0 Å². The van der Waals surface area contributed by atoms with Crippen LogP contribution in [0.1, 0.15) is 43.6 Å². The van der Waals surface area contributed by atoms with Gasteiger partial charge in [0, 0.05) is 24.5 Å². The lowest BCUT2D eigenvalue weighted by Crippen LogP contribution is -2.25. The Bertz CT molecular complexity index is 499. The van der Waals surface area contributed by atoms with E-state index >= 15 is 0 Å². The van der Waals surface area contributed by atoms with E-state index < -0.39 is 0 Å². The molecular weight excluding hydrogens is 241 g/mol. The Morgan fingerprint density at radius 3 is 2.53 bits per heavy atom. The quantitative estimate of drug-likeness (QED) is 0.894. The van der Waals surface area contributed by atoms with Crippen molar-refractivity contribution < 1.29 is 4.39 Å². The van der Waals surface area contributed by atoms with Crippen LogP contribution in [0.15, 0.2) is 42.9 Å². The van der Waals surface area contributed by atoms with Gasteiger partial charge in [-0.2, -0.15) is 0 Å². The molecule has 2 aromatic rings. The average Bonchev–Trinajstić information content (AvgIpc) is 2.46. The van der Waals surface area contributed by atoms with Crippen molar-refractivity contribution in [2.75, 3.05) is 0 Å². The predicted molar refractivity (Wildman–Crippen MR) is 73.0 cm³/mol. The van der Waals surface area contributed by atoms with Crippen molar-refractivity contribution in [2.45, 2.75) is 32.4 Å². The highest BCUT2D eigenvalue weighted by molar-refractivity contribution is 5.16. The molecule has 0 fully saturated rings. The highest BCUT2D eigenvalue weighted by Gasteiger charge is 2.14. The molecular formula is C15H18FN3. The summed E-state index contributed by atoms with van der Waals surface area (Å²) in [4.78, 5) is 8.16. The molecule has 2 atom stereocenters. The van der Waals surface area contributed by atoms with Crippen LogP contribution in [0.5, 0.6) is 0 Å². The molecule has 0 aromatic carbocycles. The maximum Gasteiger partial charge on any atom is 0.141 e. The average molecular weight is 259 g/mol. The smallest absolute Gasteiger partial charge is 0.141 e. The molecule has 1 unspecified atom stereocenters. The molecule has 0 aliphatic carbocycles. The third-order valence-corrected chi connectivity index (χ3v) is 3.17. The second-order valence-corrected chi connectivity index (χ2v) is 4.53. The molecule has 2 heterocycles. The summed E-state index contributed by atoms with van der Waals surface area (Å²) >= 11 is 0. The summed E-state index contributed by atoms with van der Waals surface area (Å²) in [7, 11) is 0. The Hall–Kier alpha value is -1.81. The number of pyridine rings is 2. The number of aromatic nitrogens is 2. The zero-order valence-electron chi connectivity index (χ0n) is 11.2. The van der Waals surface area contributed by atoms with E-state index in [4.69, 9.17) is 0 Å². The first kappa shape index (κ1) is 13.6. The lowest BCUT2D eigenvalue weighted by atomic mass is 10.1. The molecule has 19 heavy (non-hydrogen) atoms. The minimum atomic E-state index is -0.305. The fraction of sp³-hybridized carbons (Fsp3) is 0.333. The topological polar surface area (TPSA) is 37.8 Å². The Kier molecular flexibility index (Phi) is 4.58. The maximum absolute atomic E-state index is 12.9. The molecule has 0 saturated heterocycles. The summed E-state index contributed by atoms with van der Waals surface area (Å²) in [5, 5.41) is 3.51. The SMILES string of the molecule is CCC(N[C@H](C)c1ccncc1)c1ccc(F)cn1. The first-order chi connectivity index (χ1) is 9.20. The summed E-state index contributed by atoms with van der Waals surface area (Å²) < 4.78 is 12.9. The van der Waals surface area contributed by atoms with E-state index in [0.717, 1.165) is 12.1 Å². The third kappa shape index (κ3) is 3.58. The summed E-state index contributed by atoms with van der Waals surface area (Å²) in [6.45, 7) is 4.18. The largest absolute Gasteiger partial charge is 0.302 e. The molecule has 0 aliphatic rings. The van der Waals surface area contributed by atoms with Gasteiger partial charge in [-0.3, -0.25) is 9.97 Å². The van der Waals surface area contributed by atoms with Crippen LogP contribution in [0, 0.1) is 5.82 Å². The van der Waals surface area contributed by atoms with E-state index in [1.807, 2.05) is 12.1 Å². The molecule has 0 saturated carbocycles. The van der Waals surface area contributed by atoms with Crippen LogP contribution in [0.3, 0.4) is 0 Å². The van der Waals surface area contributed by atoms with Gasteiger partial charge < -0.3 is 5.32 Å². The van der Waals surface area contributed by atoms with Crippen LogP contribution in [0.4, 0.5) is 4.39 Å². The lowest BCUT2D eigenvalue weighted by molar-refractivity contribution is 0.446. The summed E-state index contributed by atoms with van der Waals surface area (Å²) in [5.41, 5.74) is 2.04. The molecule has 0 radical (unpaired) electrons. The Labute approximate surface area is 112 Å². The summed E-state index contributed by atoms with van der Waals surface area (Å²) in [6, 6.07) is 7.47. The van der Waals surface area contributed by atoms with Crippen LogP contribution in [0.2, 0.25) is 0 Å². The van der Waals surface area contributed by atoms with Crippen LogP contribution < -0.4 is 5.32 Å². The lowest BCUT2D eigenvalue weighted by Gasteiger charge is -2.22. The molecule has 0 aliphatic heterocycles. The van der Waals surface area contributed by atoms with E-state index in [0.29, 0.717) is 0 Å². The minimum Gasteiger partial charge on any atom is -0.302 e. The molecule has 3 nitrogen and oxygen atoms in total. The van der Waals surface area contributed by atoms with Gasteiger partial charge in [-0.1, -0.05) is 6.92 Å². The van der Waals surface area contributed by atoms with Gasteiger partial charge in [0.1, 0.15) is 5.82 Å². The van der Waals surface area contributed by atoms with Gasteiger partial charge in [0.15, 0.2) is 0 Å². The predicted octanol–water partition coefficient (Wildman–Crippen LogP) is 3.42. The third-order valence-electron chi connectivity index (χ3n) is 3.17. The number of nitrogens with one attached hydrogen (secondary N) is 1. The van der Waals surface area contributed by atoms with Crippen LogP contribution in [-0.4, -0.2) is 9.97 Å². The highest BCUT2D eigenvalue weighted by atomic mass is 19.1. The van der Waals surface area contributed by atoms with E-state index in [2.05, 4.69) is 29.1 Å². The first-order valence-corrected chi connectivity index (χ1v) is 6.48. The van der Waals surface area contributed by atoms with Gasteiger partial charge >= 0.3 is 0 Å². The summed E-state index contributed by atoms with van der Waals surface area (Å²) in [5.74, 6) is -0.305. The molecule has 1 N–H and O–H groups in total. The number of hydrogen-bond donors (Lipinski definition) is 1. The van der Waals surface area contributed by atoms with Gasteiger partial charge in [0.05, 0.1) is 11.9 Å². The van der Waals surface area contributed by atoms with Crippen molar-refractivity contribution in [3.8, 4) is 0 Å². The zero-order valence-corrected chi connectivity index (χ0v) is 11.2. The second kappa shape index (κ2) is 6.38. The van der Waals surface area contributed by atoms with Crippen molar-refractivity contribution in [3.05, 3.63) is 59.9 Å². The normalized spacial score (nSPS) is 14.1. The van der Waals surface area contributed by atoms with Crippen molar-refractivity contribution in [3.63, 3.8) is 0 Å². The van der Waals surface area contributed by atoms with E-state index in [-0.39, 0.29) is 17.9 Å². The molecule has 2 rings (SSSR count). The maximum atomic E-state index is 12.9. The Morgan fingerprint density at radius 2 is 1.95 bits per heavy atom. The number of hydrogen-bond acceptors (Lipinski definition) is 3. The first-order valence-electron chi connectivity index (χ1n) is 6.48. The van der Waals surface area contributed by atoms with Gasteiger partial charge in [-0.05, 0) is 43.2 Å². The van der Waals surface area contributed by atoms with E-state index in [1.54, 1.807) is 18.5 Å². The van der Waals surface area contributed by atoms with Gasteiger partial charge in [-0.15, -0.1) is 0 Å². The molecule has 0 amide bonds. The Morgan fingerprint density at radius 1 is 1.21 bits per heavy atom. The van der Waals surface area contributed by atoms with Crippen LogP contribution in [0.25, 0.3) is 0 Å². The fourth-order valence-electron chi connectivity index (χ4n) is 2.06. The van der Waals surface area contributed by atoms with E-state index in [1.165, 1.54) is 17.8 Å². The summed E-state index contributed by atoms with van der Waals surface area (Å²) in [6.07, 6.45) is 5.72. The molecule has 100 valence electrons.